The van der Waals surface area contributed by atoms with Crippen LogP contribution < -0.4 is 4.74 Å². The summed E-state index contributed by atoms with van der Waals surface area (Å²) >= 11 is 0. The lowest BCUT2D eigenvalue weighted by atomic mass is 9.99. The number of ether oxygens (including phenoxy) is 1. The number of ketones is 1. The molecule has 0 saturated heterocycles. The van der Waals surface area contributed by atoms with Crippen molar-refractivity contribution in [2.75, 3.05) is 7.11 Å². The van der Waals surface area contributed by atoms with Gasteiger partial charge in [0.25, 0.3) is 5.78 Å². The number of carbonyl (C=O) groups excluding carboxylic acids is 1. The van der Waals surface area contributed by atoms with Gasteiger partial charge in [0, 0.05) is 18.1 Å². The Labute approximate surface area is 146 Å². The molecular weight excluding hydrogens is 320 g/mol. The van der Waals surface area contributed by atoms with Crippen molar-refractivity contribution in [2.24, 2.45) is 0 Å². The van der Waals surface area contributed by atoms with Gasteiger partial charge in [0.1, 0.15) is 11.8 Å². The van der Waals surface area contributed by atoms with Crippen LogP contribution in [0.2, 0.25) is 0 Å². The van der Waals surface area contributed by atoms with E-state index in [0.717, 1.165) is 5.06 Å². The third-order valence-corrected chi connectivity index (χ3v) is 4.67. The largest absolute Gasteiger partial charge is 0.622 e. The van der Waals surface area contributed by atoms with E-state index in [1.54, 1.807) is 43.3 Å². The minimum absolute atomic E-state index is 0.324. The highest BCUT2D eigenvalue weighted by Crippen LogP contribution is 2.31. The molecule has 6 nitrogen and oxygen atoms in total. The predicted molar refractivity (Wildman–Crippen MR) is 93.0 cm³/mol. The molecule has 1 heterocycles. The van der Waals surface area contributed by atoms with Crippen LogP contribution in [0.25, 0.3) is 0 Å². The molecule has 3 rings (SSSR count). The Bertz CT molecular complexity index is 817. The molecule has 25 heavy (non-hydrogen) atoms. The fourth-order valence-electron chi connectivity index (χ4n) is 3.17. The van der Waals surface area contributed by atoms with E-state index in [0.29, 0.717) is 27.3 Å². The molecule has 1 N–H and O–H groups in total. The SMILES string of the molecule is COc1ccc(C(=O)[C@]2(C)N(O)[C@H](C)C(c3ccccc3)=[N+]2[O-])cc1. The van der Waals surface area contributed by atoms with E-state index >= 15 is 0 Å². The average molecular weight is 340 g/mol. The van der Waals surface area contributed by atoms with Crippen LogP contribution in [0.1, 0.15) is 29.8 Å². The van der Waals surface area contributed by atoms with E-state index in [2.05, 4.69) is 0 Å². The van der Waals surface area contributed by atoms with Crippen LogP contribution in [0.4, 0.5) is 0 Å². The van der Waals surface area contributed by atoms with Crippen LogP contribution in [0, 0.1) is 5.21 Å². The lowest BCUT2D eigenvalue weighted by Gasteiger charge is -2.27. The van der Waals surface area contributed by atoms with E-state index in [1.165, 1.54) is 14.0 Å². The zero-order valence-corrected chi connectivity index (χ0v) is 14.3. The standard InChI is InChI=1S/C19H20N2O4/c1-13-17(14-7-5-4-6-8-14)21(24)19(2,20(13)23)18(22)15-9-11-16(25-3)12-10-15/h4-13,23H,1-3H3/t13-,19-/m1/s1. The van der Waals surface area contributed by atoms with Gasteiger partial charge in [-0.2, -0.15) is 4.74 Å². The number of nitrogens with zero attached hydrogens (tertiary/aromatic N) is 2. The number of carbonyl (C=O) groups is 1. The van der Waals surface area contributed by atoms with E-state index in [-0.39, 0.29) is 0 Å². The summed E-state index contributed by atoms with van der Waals surface area (Å²) in [5.74, 6) is 0.128. The smallest absolute Gasteiger partial charge is 0.312 e. The van der Waals surface area contributed by atoms with Crippen molar-refractivity contribution in [3.8, 4) is 5.75 Å². The number of Topliss-reactive ketones (excluding diaryl/α,β-unsaturated/α-hetero) is 1. The summed E-state index contributed by atoms with van der Waals surface area (Å²) < 4.78 is 5.70. The van der Waals surface area contributed by atoms with E-state index in [1.807, 2.05) is 18.2 Å². The first kappa shape index (κ1) is 17.1. The highest BCUT2D eigenvalue weighted by molar-refractivity contribution is 6.07. The van der Waals surface area contributed by atoms with Crippen LogP contribution in [-0.2, 0) is 0 Å². The van der Waals surface area contributed by atoms with E-state index in [9.17, 15) is 15.2 Å². The molecule has 2 aromatic rings. The monoisotopic (exact) mass is 340 g/mol. The lowest BCUT2D eigenvalue weighted by molar-refractivity contribution is -0.561. The lowest BCUT2D eigenvalue weighted by Crippen LogP contribution is -2.54. The van der Waals surface area contributed by atoms with Crippen molar-refractivity contribution >= 4 is 11.5 Å². The van der Waals surface area contributed by atoms with Crippen molar-refractivity contribution in [3.05, 3.63) is 70.9 Å². The zero-order chi connectivity index (χ0) is 18.2. The second kappa shape index (κ2) is 6.31. The quantitative estimate of drug-likeness (QED) is 0.526. The van der Waals surface area contributed by atoms with Crippen molar-refractivity contribution in [2.45, 2.75) is 25.6 Å². The molecule has 2 atom stereocenters. The Morgan fingerprint density at radius 2 is 1.80 bits per heavy atom. The third-order valence-electron chi connectivity index (χ3n) is 4.67. The summed E-state index contributed by atoms with van der Waals surface area (Å²) in [6.07, 6.45) is 0. The van der Waals surface area contributed by atoms with Crippen molar-refractivity contribution in [1.29, 1.82) is 0 Å². The molecule has 0 aliphatic carbocycles. The van der Waals surface area contributed by atoms with Gasteiger partial charge in [-0.3, -0.25) is 4.79 Å². The second-order valence-corrected chi connectivity index (χ2v) is 6.14. The Morgan fingerprint density at radius 3 is 2.36 bits per heavy atom. The topological polar surface area (TPSA) is 75.8 Å². The van der Waals surface area contributed by atoms with Gasteiger partial charge in [0.2, 0.25) is 5.71 Å². The maximum absolute atomic E-state index is 13.0. The zero-order valence-electron chi connectivity index (χ0n) is 14.3. The Balaban J connectivity index is 2.06. The van der Waals surface area contributed by atoms with Crippen LogP contribution in [0.15, 0.2) is 54.6 Å². The highest BCUT2D eigenvalue weighted by atomic mass is 16.6. The fraction of sp³-hybridized carbons (Fsp3) is 0.263. The fourth-order valence-corrected chi connectivity index (χ4v) is 3.17. The van der Waals surface area contributed by atoms with Crippen LogP contribution in [-0.4, -0.2) is 45.3 Å². The summed E-state index contributed by atoms with van der Waals surface area (Å²) in [5.41, 5.74) is -0.383. The predicted octanol–water partition coefficient (Wildman–Crippen LogP) is 2.69. The molecule has 0 aromatic heterocycles. The first-order chi connectivity index (χ1) is 11.9. The summed E-state index contributed by atoms with van der Waals surface area (Å²) in [6, 6.07) is 14.9. The van der Waals surface area contributed by atoms with Gasteiger partial charge in [-0.25, -0.2) is 0 Å². The first-order valence-corrected chi connectivity index (χ1v) is 7.98. The van der Waals surface area contributed by atoms with Crippen LogP contribution in [0.3, 0.4) is 0 Å². The Morgan fingerprint density at radius 1 is 1.20 bits per heavy atom. The molecule has 0 radical (unpaired) electrons. The number of hydrogen-bond donors (Lipinski definition) is 1. The second-order valence-electron chi connectivity index (χ2n) is 6.14. The van der Waals surface area contributed by atoms with Gasteiger partial charge in [-0.1, -0.05) is 18.2 Å². The molecule has 2 aromatic carbocycles. The molecule has 0 bridgehead atoms. The van der Waals surface area contributed by atoms with Gasteiger partial charge >= 0.3 is 5.66 Å². The van der Waals surface area contributed by atoms with Crippen LogP contribution in [0.5, 0.6) is 5.75 Å². The third kappa shape index (κ3) is 2.59. The average Bonchev–Trinajstić information content (AvgIpc) is 2.83. The molecule has 0 saturated carbocycles. The van der Waals surface area contributed by atoms with Gasteiger partial charge in [-0.05, 0) is 43.3 Å². The van der Waals surface area contributed by atoms with Crippen LogP contribution >= 0.6 is 0 Å². The molecule has 0 unspecified atom stereocenters. The summed E-state index contributed by atoms with van der Waals surface area (Å²) in [7, 11) is 1.53. The first-order valence-electron chi connectivity index (χ1n) is 7.98. The minimum atomic E-state index is -1.74. The van der Waals surface area contributed by atoms with E-state index in [4.69, 9.17) is 4.74 Å². The van der Waals surface area contributed by atoms with Gasteiger partial charge in [-0.15, -0.1) is 5.06 Å². The number of methoxy groups -OCH3 is 1. The van der Waals surface area contributed by atoms with Crippen molar-refractivity contribution < 1.29 is 19.5 Å². The normalized spacial score (nSPS) is 23.8. The molecule has 130 valence electrons. The molecular formula is C19H20N2O4. The molecule has 1 aliphatic rings. The summed E-state index contributed by atoms with van der Waals surface area (Å²) in [4.78, 5) is 13.0. The van der Waals surface area contributed by atoms with Gasteiger partial charge < -0.3 is 15.2 Å². The Kier molecular flexibility index (Phi) is 4.32. The maximum Gasteiger partial charge on any atom is 0.312 e. The number of hydrogen-bond acceptors (Lipinski definition) is 5. The Hall–Kier alpha value is -2.70. The van der Waals surface area contributed by atoms with Gasteiger partial charge in [0.05, 0.1) is 7.11 Å². The molecule has 0 amide bonds. The number of hydroxylamine groups is 3. The maximum atomic E-state index is 13.0. The minimum Gasteiger partial charge on any atom is -0.622 e. The molecule has 6 heteroatoms. The molecule has 0 fully saturated rings. The number of benzene rings is 2. The summed E-state index contributed by atoms with van der Waals surface area (Å²) in [6.45, 7) is 3.12. The highest BCUT2D eigenvalue weighted by Gasteiger charge is 2.58. The van der Waals surface area contributed by atoms with E-state index < -0.39 is 17.5 Å². The molecule has 1 aliphatic heterocycles. The van der Waals surface area contributed by atoms with Crippen molar-refractivity contribution in [1.82, 2.24) is 5.06 Å². The summed E-state index contributed by atoms with van der Waals surface area (Å²) in [5, 5.41) is 24.4. The van der Waals surface area contributed by atoms with Gasteiger partial charge in [0.15, 0.2) is 0 Å². The van der Waals surface area contributed by atoms with Crippen molar-refractivity contribution in [3.63, 3.8) is 0 Å². The number of rotatable bonds is 4. The molecule has 0 spiro atoms.